The molecule has 0 radical (unpaired) electrons. The van der Waals surface area contributed by atoms with E-state index < -0.39 is 6.10 Å². The first-order valence-corrected chi connectivity index (χ1v) is 7.64. The fourth-order valence-corrected chi connectivity index (χ4v) is 2.09. The molecule has 0 saturated heterocycles. The number of ether oxygens (including phenoxy) is 1. The average Bonchev–Trinajstić information content (AvgIpc) is 2.55. The van der Waals surface area contributed by atoms with Gasteiger partial charge in [0.05, 0.1) is 0 Å². The number of halogens is 1. The number of nitrogens with two attached hydrogens (primary N) is 1. The molecule has 0 fully saturated rings. The summed E-state index contributed by atoms with van der Waals surface area (Å²) in [6, 6.07) is 16.5. The number of anilines is 1. The van der Waals surface area contributed by atoms with Crippen LogP contribution in [-0.4, -0.2) is 30.4 Å². The van der Waals surface area contributed by atoms with Gasteiger partial charge in [0, 0.05) is 23.3 Å². The normalized spacial score (nSPS) is 13.4. The Hall–Kier alpha value is -1.75. The number of para-hydroxylation sites is 1. The van der Waals surface area contributed by atoms with Gasteiger partial charge in [0.1, 0.15) is 18.5 Å². The van der Waals surface area contributed by atoms with Crippen molar-refractivity contribution in [2.75, 3.05) is 18.5 Å². The highest BCUT2D eigenvalue weighted by Gasteiger charge is 2.15. The highest BCUT2D eigenvalue weighted by atomic mass is 35.5. The van der Waals surface area contributed by atoms with Crippen LogP contribution in [-0.2, 0) is 0 Å². The van der Waals surface area contributed by atoms with E-state index in [4.69, 9.17) is 22.1 Å². The van der Waals surface area contributed by atoms with Gasteiger partial charge in [0.25, 0.3) is 0 Å². The fourth-order valence-electron chi connectivity index (χ4n) is 1.97. The Bertz CT molecular complexity index is 548. The van der Waals surface area contributed by atoms with Gasteiger partial charge in [-0.3, -0.25) is 0 Å². The van der Waals surface area contributed by atoms with Crippen molar-refractivity contribution in [2.24, 2.45) is 5.73 Å². The lowest BCUT2D eigenvalue weighted by Gasteiger charge is -2.19. The largest absolute Gasteiger partial charge is 0.491 e. The Balaban J connectivity index is 1.67. The number of rotatable bonds is 8. The van der Waals surface area contributed by atoms with Crippen LogP contribution in [0, 0.1) is 0 Å². The standard InChI is InChI=1S/C17H21ClN2O2/c18-13-6-8-14(9-7-13)20-11-10-16(19)17(21)12-22-15-4-2-1-3-5-15/h1-9,16-17,20-21H,10-12,19H2. The zero-order valence-electron chi connectivity index (χ0n) is 12.3. The molecule has 22 heavy (non-hydrogen) atoms. The predicted molar refractivity (Wildman–Crippen MR) is 90.5 cm³/mol. The Morgan fingerprint density at radius 2 is 1.77 bits per heavy atom. The fraction of sp³-hybridized carbons (Fsp3) is 0.294. The molecule has 118 valence electrons. The quantitative estimate of drug-likeness (QED) is 0.699. The zero-order chi connectivity index (χ0) is 15.8. The van der Waals surface area contributed by atoms with Crippen LogP contribution in [0.15, 0.2) is 54.6 Å². The second-order valence-electron chi connectivity index (χ2n) is 5.08. The Morgan fingerprint density at radius 1 is 1.09 bits per heavy atom. The maximum atomic E-state index is 10.0. The lowest BCUT2D eigenvalue weighted by atomic mass is 10.1. The maximum absolute atomic E-state index is 10.0. The van der Waals surface area contributed by atoms with Crippen molar-refractivity contribution in [1.29, 1.82) is 0 Å². The van der Waals surface area contributed by atoms with Crippen molar-refractivity contribution in [3.05, 3.63) is 59.6 Å². The molecule has 2 rings (SSSR count). The Kier molecular flexibility index (Phi) is 6.52. The molecular weight excluding hydrogens is 300 g/mol. The third-order valence-electron chi connectivity index (χ3n) is 3.31. The molecule has 5 heteroatoms. The minimum absolute atomic E-state index is 0.187. The van der Waals surface area contributed by atoms with Crippen LogP contribution >= 0.6 is 11.6 Å². The summed E-state index contributed by atoms with van der Waals surface area (Å²) in [4.78, 5) is 0. The van der Waals surface area contributed by atoms with Gasteiger partial charge in [0.2, 0.25) is 0 Å². The number of nitrogens with one attached hydrogen (secondary N) is 1. The van der Waals surface area contributed by atoms with E-state index in [0.717, 1.165) is 11.4 Å². The topological polar surface area (TPSA) is 67.5 Å². The van der Waals surface area contributed by atoms with Crippen molar-refractivity contribution >= 4 is 17.3 Å². The molecule has 0 spiro atoms. The number of hydrogen-bond acceptors (Lipinski definition) is 4. The van der Waals surface area contributed by atoms with E-state index in [-0.39, 0.29) is 12.6 Å². The van der Waals surface area contributed by atoms with Crippen LogP contribution in [0.4, 0.5) is 5.69 Å². The molecule has 2 aromatic carbocycles. The van der Waals surface area contributed by atoms with Gasteiger partial charge in [-0.25, -0.2) is 0 Å². The van der Waals surface area contributed by atoms with E-state index in [1.807, 2.05) is 54.6 Å². The number of aliphatic hydroxyl groups excluding tert-OH is 1. The van der Waals surface area contributed by atoms with Gasteiger partial charge < -0.3 is 20.9 Å². The second-order valence-corrected chi connectivity index (χ2v) is 5.51. The molecule has 0 aliphatic heterocycles. The first-order valence-electron chi connectivity index (χ1n) is 7.26. The first kappa shape index (κ1) is 16.6. The van der Waals surface area contributed by atoms with Crippen molar-refractivity contribution in [2.45, 2.75) is 18.6 Å². The second kappa shape index (κ2) is 8.63. The zero-order valence-corrected chi connectivity index (χ0v) is 13.0. The summed E-state index contributed by atoms with van der Waals surface area (Å²) in [5.41, 5.74) is 6.96. The third-order valence-corrected chi connectivity index (χ3v) is 3.56. The van der Waals surface area contributed by atoms with E-state index in [1.165, 1.54) is 0 Å². The monoisotopic (exact) mass is 320 g/mol. The summed E-state index contributed by atoms with van der Waals surface area (Å²) in [7, 11) is 0. The summed E-state index contributed by atoms with van der Waals surface area (Å²) in [6.45, 7) is 0.858. The van der Waals surface area contributed by atoms with E-state index in [2.05, 4.69) is 5.32 Å². The van der Waals surface area contributed by atoms with E-state index >= 15 is 0 Å². The molecule has 0 aromatic heterocycles. The molecule has 2 aromatic rings. The molecule has 4 N–H and O–H groups in total. The van der Waals surface area contributed by atoms with E-state index in [0.29, 0.717) is 18.0 Å². The molecule has 2 atom stereocenters. The summed E-state index contributed by atoms with van der Waals surface area (Å²) >= 11 is 5.83. The molecule has 2 unspecified atom stereocenters. The van der Waals surface area contributed by atoms with Gasteiger partial charge >= 0.3 is 0 Å². The number of hydrogen-bond donors (Lipinski definition) is 3. The third kappa shape index (κ3) is 5.56. The van der Waals surface area contributed by atoms with Crippen LogP contribution in [0.2, 0.25) is 5.02 Å². The first-order chi connectivity index (χ1) is 10.6. The van der Waals surface area contributed by atoms with Gasteiger partial charge in [0.15, 0.2) is 0 Å². The van der Waals surface area contributed by atoms with E-state index in [9.17, 15) is 5.11 Å². The van der Waals surface area contributed by atoms with Crippen LogP contribution < -0.4 is 15.8 Å². The number of aliphatic hydroxyl groups is 1. The van der Waals surface area contributed by atoms with E-state index in [1.54, 1.807) is 0 Å². The lowest BCUT2D eigenvalue weighted by Crippen LogP contribution is -2.40. The molecule has 0 bridgehead atoms. The predicted octanol–water partition coefficient (Wildman–Crippen LogP) is 2.91. The van der Waals surface area contributed by atoms with Crippen LogP contribution in [0.3, 0.4) is 0 Å². The highest BCUT2D eigenvalue weighted by molar-refractivity contribution is 6.30. The summed E-state index contributed by atoms with van der Waals surface area (Å²) in [5, 5.41) is 14.0. The molecule has 0 amide bonds. The summed E-state index contributed by atoms with van der Waals surface area (Å²) in [6.07, 6.45) is -0.0608. The van der Waals surface area contributed by atoms with Crippen LogP contribution in [0.1, 0.15) is 6.42 Å². The van der Waals surface area contributed by atoms with Crippen molar-refractivity contribution in [3.8, 4) is 5.75 Å². The summed E-state index contributed by atoms with van der Waals surface area (Å²) < 4.78 is 5.50. The SMILES string of the molecule is NC(CCNc1ccc(Cl)cc1)C(O)COc1ccccc1. The van der Waals surface area contributed by atoms with Crippen molar-refractivity contribution in [3.63, 3.8) is 0 Å². The van der Waals surface area contributed by atoms with Gasteiger partial charge in [-0.05, 0) is 42.8 Å². The molecule has 0 aliphatic rings. The molecule has 4 nitrogen and oxygen atoms in total. The smallest absolute Gasteiger partial charge is 0.119 e. The van der Waals surface area contributed by atoms with Crippen LogP contribution in [0.5, 0.6) is 5.75 Å². The van der Waals surface area contributed by atoms with Gasteiger partial charge in [-0.1, -0.05) is 29.8 Å². The number of benzene rings is 2. The maximum Gasteiger partial charge on any atom is 0.119 e. The Morgan fingerprint density at radius 3 is 2.45 bits per heavy atom. The molecule has 0 aliphatic carbocycles. The van der Waals surface area contributed by atoms with Gasteiger partial charge in [-0.15, -0.1) is 0 Å². The average molecular weight is 321 g/mol. The minimum atomic E-state index is -0.702. The Labute approximate surface area is 135 Å². The highest BCUT2D eigenvalue weighted by Crippen LogP contribution is 2.13. The van der Waals surface area contributed by atoms with Gasteiger partial charge in [-0.2, -0.15) is 0 Å². The van der Waals surface area contributed by atoms with Crippen molar-refractivity contribution in [1.82, 2.24) is 0 Å². The van der Waals surface area contributed by atoms with Crippen molar-refractivity contribution < 1.29 is 9.84 Å². The molecule has 0 saturated carbocycles. The van der Waals surface area contributed by atoms with Crippen LogP contribution in [0.25, 0.3) is 0 Å². The molecular formula is C17H21ClN2O2. The lowest BCUT2D eigenvalue weighted by molar-refractivity contribution is 0.0836. The summed E-state index contributed by atoms with van der Waals surface area (Å²) in [5.74, 6) is 0.730. The molecule has 0 heterocycles. The minimum Gasteiger partial charge on any atom is -0.491 e.